The van der Waals surface area contributed by atoms with E-state index >= 15 is 0 Å². The molecule has 1 atom stereocenters. The molecule has 3 aromatic rings. The van der Waals surface area contributed by atoms with Crippen LogP contribution in [0.15, 0.2) is 48.7 Å². The normalized spacial score (nSPS) is 12.0. The molecular weight excluding hydrogens is 316 g/mol. The average Bonchev–Trinajstić information content (AvgIpc) is 3.06. The van der Waals surface area contributed by atoms with Crippen LogP contribution in [-0.4, -0.2) is 29.9 Å². The van der Waals surface area contributed by atoms with E-state index in [2.05, 4.69) is 10.3 Å². The fourth-order valence-corrected chi connectivity index (χ4v) is 2.83. The number of esters is 1. The van der Waals surface area contributed by atoms with Crippen LogP contribution in [0.2, 0.25) is 0 Å². The largest absolute Gasteiger partial charge is 0.465 e. The fraction of sp³-hybridized carbons (Fsp3) is 0.200. The summed E-state index contributed by atoms with van der Waals surface area (Å²) >= 11 is 0. The minimum atomic E-state index is -0.439. The van der Waals surface area contributed by atoms with Crippen LogP contribution in [0.1, 0.15) is 33.2 Å². The SMILES string of the molecule is COC(=O)c1ccc(C)c(N[C@H](C)C(=O)c2c[nH]c3ccccc23)c1. The van der Waals surface area contributed by atoms with Crippen molar-refractivity contribution >= 4 is 28.3 Å². The third kappa shape index (κ3) is 3.26. The lowest BCUT2D eigenvalue weighted by Crippen LogP contribution is -2.26. The first-order chi connectivity index (χ1) is 12.0. The molecule has 0 amide bonds. The van der Waals surface area contributed by atoms with Crippen molar-refractivity contribution in [3.63, 3.8) is 0 Å². The number of aryl methyl sites for hydroxylation is 1. The average molecular weight is 336 g/mol. The van der Waals surface area contributed by atoms with Crippen LogP contribution in [0.4, 0.5) is 5.69 Å². The van der Waals surface area contributed by atoms with E-state index in [1.807, 2.05) is 44.2 Å². The van der Waals surface area contributed by atoms with Crippen molar-refractivity contribution in [2.24, 2.45) is 0 Å². The lowest BCUT2D eigenvalue weighted by molar-refractivity contribution is 0.0600. The number of rotatable bonds is 5. The number of methoxy groups -OCH3 is 1. The van der Waals surface area contributed by atoms with E-state index in [1.165, 1.54) is 7.11 Å². The van der Waals surface area contributed by atoms with Crippen molar-refractivity contribution in [2.75, 3.05) is 12.4 Å². The Morgan fingerprint density at radius 2 is 1.92 bits per heavy atom. The van der Waals surface area contributed by atoms with Crippen LogP contribution in [0.25, 0.3) is 10.9 Å². The van der Waals surface area contributed by atoms with E-state index in [0.717, 1.165) is 22.2 Å². The molecule has 0 bridgehead atoms. The number of aromatic amines is 1. The molecule has 128 valence electrons. The molecule has 5 heteroatoms. The zero-order chi connectivity index (χ0) is 18.0. The molecule has 0 saturated heterocycles. The van der Waals surface area contributed by atoms with Crippen molar-refractivity contribution in [2.45, 2.75) is 19.9 Å². The number of ether oxygens (including phenoxy) is 1. The number of H-pyrrole nitrogens is 1. The van der Waals surface area contributed by atoms with E-state index in [4.69, 9.17) is 4.74 Å². The van der Waals surface area contributed by atoms with Crippen LogP contribution in [0.3, 0.4) is 0 Å². The van der Waals surface area contributed by atoms with Gasteiger partial charge in [0.25, 0.3) is 0 Å². The molecule has 1 aromatic heterocycles. The summed E-state index contributed by atoms with van der Waals surface area (Å²) in [6, 6.07) is 12.5. The third-order valence-corrected chi connectivity index (χ3v) is 4.28. The lowest BCUT2D eigenvalue weighted by atomic mass is 10.0. The molecule has 5 nitrogen and oxygen atoms in total. The number of hydrogen-bond donors (Lipinski definition) is 2. The van der Waals surface area contributed by atoms with Crippen LogP contribution < -0.4 is 5.32 Å². The van der Waals surface area contributed by atoms with Crippen molar-refractivity contribution in [1.29, 1.82) is 0 Å². The smallest absolute Gasteiger partial charge is 0.337 e. The van der Waals surface area contributed by atoms with Crippen molar-refractivity contribution in [3.8, 4) is 0 Å². The first-order valence-electron chi connectivity index (χ1n) is 8.07. The van der Waals surface area contributed by atoms with Crippen molar-refractivity contribution < 1.29 is 14.3 Å². The zero-order valence-corrected chi connectivity index (χ0v) is 14.4. The molecule has 0 aliphatic carbocycles. The fourth-order valence-electron chi connectivity index (χ4n) is 2.83. The molecule has 25 heavy (non-hydrogen) atoms. The van der Waals surface area contributed by atoms with Crippen molar-refractivity contribution in [3.05, 3.63) is 65.4 Å². The maximum absolute atomic E-state index is 12.8. The Labute approximate surface area is 146 Å². The van der Waals surface area contributed by atoms with Gasteiger partial charge in [0.1, 0.15) is 0 Å². The molecule has 0 aliphatic heterocycles. The van der Waals surface area contributed by atoms with E-state index in [0.29, 0.717) is 11.1 Å². The number of carbonyl (C=O) groups excluding carboxylic acids is 2. The van der Waals surface area contributed by atoms with E-state index < -0.39 is 12.0 Å². The molecule has 1 heterocycles. The summed E-state index contributed by atoms with van der Waals surface area (Å²) in [5.74, 6) is -0.418. The van der Waals surface area contributed by atoms with Gasteiger partial charge in [-0.3, -0.25) is 4.79 Å². The third-order valence-electron chi connectivity index (χ3n) is 4.28. The molecule has 2 aromatic carbocycles. The minimum Gasteiger partial charge on any atom is -0.465 e. The highest BCUT2D eigenvalue weighted by molar-refractivity contribution is 6.11. The second-order valence-electron chi connectivity index (χ2n) is 6.00. The molecule has 0 saturated carbocycles. The molecule has 0 aliphatic rings. The number of nitrogens with one attached hydrogen (secondary N) is 2. The Hall–Kier alpha value is -3.08. The number of aromatic nitrogens is 1. The summed E-state index contributed by atoms with van der Waals surface area (Å²) in [6.07, 6.45) is 1.74. The molecule has 2 N–H and O–H groups in total. The van der Waals surface area contributed by atoms with E-state index in [9.17, 15) is 9.59 Å². The van der Waals surface area contributed by atoms with Gasteiger partial charge in [-0.25, -0.2) is 4.79 Å². The maximum atomic E-state index is 12.8. The predicted octanol–water partition coefficient (Wildman–Crippen LogP) is 3.95. The summed E-state index contributed by atoms with van der Waals surface area (Å²) in [6.45, 7) is 3.74. The van der Waals surface area contributed by atoms with Gasteiger partial charge in [-0.05, 0) is 37.6 Å². The van der Waals surface area contributed by atoms with Gasteiger partial charge in [0.05, 0.1) is 18.7 Å². The van der Waals surface area contributed by atoms with Crippen LogP contribution in [0.5, 0.6) is 0 Å². The molecule has 0 fully saturated rings. The van der Waals surface area contributed by atoms with Gasteiger partial charge in [-0.2, -0.15) is 0 Å². The van der Waals surface area contributed by atoms with Crippen LogP contribution in [-0.2, 0) is 4.74 Å². The van der Waals surface area contributed by atoms with Gasteiger partial charge in [0, 0.05) is 28.4 Å². The number of para-hydroxylation sites is 1. The number of carbonyl (C=O) groups is 2. The summed E-state index contributed by atoms with van der Waals surface area (Å²) in [7, 11) is 1.35. The molecule has 3 rings (SSSR count). The molecular formula is C20H20N2O3. The number of benzene rings is 2. The van der Waals surface area contributed by atoms with Gasteiger partial charge >= 0.3 is 5.97 Å². The second-order valence-corrected chi connectivity index (χ2v) is 6.00. The summed E-state index contributed by atoms with van der Waals surface area (Å²) < 4.78 is 4.75. The minimum absolute atomic E-state index is 0.0136. The Balaban J connectivity index is 1.85. The van der Waals surface area contributed by atoms with Gasteiger partial charge in [-0.15, -0.1) is 0 Å². The predicted molar refractivity (Wildman–Crippen MR) is 98.2 cm³/mol. The summed E-state index contributed by atoms with van der Waals surface area (Å²) in [5.41, 5.74) is 3.72. The highest BCUT2D eigenvalue weighted by Crippen LogP contribution is 2.22. The van der Waals surface area contributed by atoms with E-state index in [1.54, 1.807) is 18.3 Å². The first-order valence-corrected chi connectivity index (χ1v) is 8.07. The van der Waals surface area contributed by atoms with Crippen molar-refractivity contribution in [1.82, 2.24) is 4.98 Å². The van der Waals surface area contributed by atoms with Crippen LogP contribution >= 0.6 is 0 Å². The monoisotopic (exact) mass is 336 g/mol. The number of ketones is 1. The van der Waals surface area contributed by atoms with Crippen LogP contribution in [0, 0.1) is 6.92 Å². The molecule has 0 radical (unpaired) electrons. The number of anilines is 1. The summed E-state index contributed by atoms with van der Waals surface area (Å²) in [4.78, 5) is 27.7. The Morgan fingerprint density at radius 1 is 1.16 bits per heavy atom. The quantitative estimate of drug-likeness (QED) is 0.547. The maximum Gasteiger partial charge on any atom is 0.337 e. The molecule has 0 unspecified atom stereocenters. The number of Topliss-reactive ketones (excluding diaryl/α,β-unsaturated/α-hetero) is 1. The Kier molecular flexibility index (Phi) is 4.57. The standard InChI is InChI=1S/C20H20N2O3/c1-12-8-9-14(20(24)25-3)10-18(12)22-13(2)19(23)16-11-21-17-7-5-4-6-15(16)17/h4-11,13,21-22H,1-3H3/t13-/m1/s1. The number of hydrogen-bond acceptors (Lipinski definition) is 4. The zero-order valence-electron chi connectivity index (χ0n) is 14.4. The first kappa shape index (κ1) is 16.8. The highest BCUT2D eigenvalue weighted by atomic mass is 16.5. The summed E-state index contributed by atoms with van der Waals surface area (Å²) in [5, 5.41) is 4.11. The van der Waals surface area contributed by atoms with E-state index in [-0.39, 0.29) is 5.78 Å². The topological polar surface area (TPSA) is 71.2 Å². The second kappa shape index (κ2) is 6.81. The number of fused-ring (bicyclic) bond motifs is 1. The highest BCUT2D eigenvalue weighted by Gasteiger charge is 2.19. The van der Waals surface area contributed by atoms with Gasteiger partial charge in [0.2, 0.25) is 0 Å². The Morgan fingerprint density at radius 3 is 2.68 bits per heavy atom. The van der Waals surface area contributed by atoms with Gasteiger partial charge < -0.3 is 15.0 Å². The molecule has 0 spiro atoms. The lowest BCUT2D eigenvalue weighted by Gasteiger charge is -2.16. The van der Waals surface area contributed by atoms with Gasteiger partial charge in [-0.1, -0.05) is 24.3 Å². The van der Waals surface area contributed by atoms with Gasteiger partial charge in [0.15, 0.2) is 5.78 Å². The Bertz CT molecular complexity index is 943.